The normalized spacial score (nSPS) is 11.2. The van der Waals surface area contributed by atoms with Gasteiger partial charge in [0.05, 0.1) is 12.1 Å². The summed E-state index contributed by atoms with van der Waals surface area (Å²) in [6.07, 6.45) is -2.95. The van der Waals surface area contributed by atoms with Crippen LogP contribution >= 0.6 is 12.4 Å². The first-order valence-corrected chi connectivity index (χ1v) is 4.39. The van der Waals surface area contributed by atoms with E-state index in [0.717, 1.165) is 12.1 Å². The molecule has 0 aliphatic rings. The second-order valence-corrected chi connectivity index (χ2v) is 3.11. The first-order chi connectivity index (χ1) is 7.39. The van der Waals surface area contributed by atoms with E-state index in [1.807, 2.05) is 0 Å². The van der Waals surface area contributed by atoms with Crippen LogP contribution in [0.3, 0.4) is 0 Å². The van der Waals surface area contributed by atoms with Gasteiger partial charge in [-0.15, -0.1) is 12.4 Å². The molecular formula is C10H11ClF3N3. The molecule has 3 nitrogen and oxygen atoms in total. The number of nitrogens with one attached hydrogen (secondary N) is 1. The van der Waals surface area contributed by atoms with Gasteiger partial charge in [-0.3, -0.25) is 10.4 Å². The number of alkyl halides is 3. The van der Waals surface area contributed by atoms with Gasteiger partial charge < -0.3 is 5.73 Å². The topological polar surface area (TPSA) is 62.2 Å². The molecule has 0 saturated heterocycles. The Morgan fingerprint density at radius 2 is 1.82 bits per heavy atom. The maximum atomic E-state index is 12.2. The van der Waals surface area contributed by atoms with Crippen molar-refractivity contribution in [2.75, 3.05) is 6.54 Å². The van der Waals surface area contributed by atoms with Gasteiger partial charge in [-0.1, -0.05) is 12.1 Å². The van der Waals surface area contributed by atoms with Crippen molar-refractivity contribution in [3.05, 3.63) is 35.4 Å². The molecular weight excluding hydrogens is 255 g/mol. The standard InChI is InChI=1S/C10H10F3N3.ClH/c11-10(12,13)8-3-1-7(2-4-8)5-16-6-9(14)15;/h1-5H,6H2,(H3,14,15);1H. The quantitative estimate of drug-likeness (QED) is 0.640. The van der Waals surface area contributed by atoms with Crippen molar-refractivity contribution < 1.29 is 13.2 Å². The van der Waals surface area contributed by atoms with Crippen molar-refractivity contribution in [3.8, 4) is 0 Å². The number of hydrogen-bond donors (Lipinski definition) is 2. The van der Waals surface area contributed by atoms with Crippen LogP contribution in [0.15, 0.2) is 29.3 Å². The predicted octanol–water partition coefficient (Wildman–Crippen LogP) is 2.48. The lowest BCUT2D eigenvalue weighted by atomic mass is 10.1. The summed E-state index contributed by atoms with van der Waals surface area (Å²) >= 11 is 0. The van der Waals surface area contributed by atoms with E-state index in [4.69, 9.17) is 11.1 Å². The molecule has 1 aromatic rings. The summed E-state index contributed by atoms with van der Waals surface area (Å²) in [4.78, 5) is 3.78. The van der Waals surface area contributed by atoms with E-state index < -0.39 is 11.7 Å². The van der Waals surface area contributed by atoms with Gasteiger partial charge in [0.25, 0.3) is 0 Å². The summed E-state index contributed by atoms with van der Waals surface area (Å²) in [5, 5.41) is 6.89. The maximum absolute atomic E-state index is 12.2. The molecule has 7 heteroatoms. The zero-order valence-corrected chi connectivity index (χ0v) is 9.48. The Balaban J connectivity index is 0.00000256. The lowest BCUT2D eigenvalue weighted by Gasteiger charge is -2.05. The molecule has 0 unspecified atom stereocenters. The molecule has 0 radical (unpaired) electrons. The number of nitrogens with zero attached hydrogens (tertiary/aromatic N) is 1. The first kappa shape index (κ1) is 15.4. The monoisotopic (exact) mass is 265 g/mol. The van der Waals surface area contributed by atoms with E-state index in [0.29, 0.717) is 5.56 Å². The number of halogens is 4. The number of nitrogens with two attached hydrogens (primary N) is 1. The second-order valence-electron chi connectivity index (χ2n) is 3.11. The van der Waals surface area contributed by atoms with E-state index in [-0.39, 0.29) is 24.8 Å². The Labute approximate surface area is 102 Å². The average molecular weight is 266 g/mol. The second kappa shape index (κ2) is 6.24. The largest absolute Gasteiger partial charge is 0.416 e. The van der Waals surface area contributed by atoms with Gasteiger partial charge >= 0.3 is 6.18 Å². The number of benzene rings is 1. The molecule has 0 saturated carbocycles. The van der Waals surface area contributed by atoms with Gasteiger partial charge in [-0.05, 0) is 17.7 Å². The zero-order valence-electron chi connectivity index (χ0n) is 8.66. The number of aliphatic imine (C=N–C) groups is 1. The summed E-state index contributed by atoms with van der Waals surface area (Å²) in [6.45, 7) is 0.0427. The summed E-state index contributed by atoms with van der Waals surface area (Å²) < 4.78 is 36.6. The van der Waals surface area contributed by atoms with Crippen molar-refractivity contribution in [3.63, 3.8) is 0 Å². The maximum Gasteiger partial charge on any atom is 0.416 e. The Bertz CT molecular complexity index is 398. The molecule has 0 aliphatic carbocycles. The molecule has 0 spiro atoms. The summed E-state index contributed by atoms with van der Waals surface area (Å²) in [5.41, 5.74) is 4.90. The van der Waals surface area contributed by atoms with Crippen molar-refractivity contribution in [1.82, 2.24) is 0 Å². The molecule has 3 N–H and O–H groups in total. The number of hydrogen-bond acceptors (Lipinski definition) is 2. The number of amidine groups is 1. The molecule has 1 aromatic carbocycles. The van der Waals surface area contributed by atoms with Gasteiger partial charge in [-0.25, -0.2) is 0 Å². The van der Waals surface area contributed by atoms with Crippen LogP contribution in [0.4, 0.5) is 13.2 Å². The minimum absolute atomic E-state index is 0. The fourth-order valence-electron chi connectivity index (χ4n) is 1.01. The molecule has 1 rings (SSSR count). The highest BCUT2D eigenvalue weighted by atomic mass is 35.5. The zero-order chi connectivity index (χ0) is 12.2. The molecule has 0 bridgehead atoms. The van der Waals surface area contributed by atoms with E-state index >= 15 is 0 Å². The van der Waals surface area contributed by atoms with E-state index in [2.05, 4.69) is 4.99 Å². The minimum atomic E-state index is -4.32. The van der Waals surface area contributed by atoms with Crippen LogP contribution in [-0.2, 0) is 6.18 Å². The van der Waals surface area contributed by atoms with Crippen LogP contribution in [0.2, 0.25) is 0 Å². The first-order valence-electron chi connectivity index (χ1n) is 4.39. The Morgan fingerprint density at radius 3 is 2.24 bits per heavy atom. The lowest BCUT2D eigenvalue weighted by Crippen LogP contribution is -2.13. The Hall–Kier alpha value is -1.56. The van der Waals surface area contributed by atoms with Crippen LogP contribution in [0.25, 0.3) is 0 Å². The fraction of sp³-hybridized carbons (Fsp3) is 0.200. The lowest BCUT2D eigenvalue weighted by molar-refractivity contribution is -0.137. The smallest absolute Gasteiger partial charge is 0.386 e. The van der Waals surface area contributed by atoms with Gasteiger partial charge in [0.15, 0.2) is 0 Å². The fourth-order valence-corrected chi connectivity index (χ4v) is 1.01. The van der Waals surface area contributed by atoms with Gasteiger partial charge in [0.1, 0.15) is 5.84 Å². The van der Waals surface area contributed by atoms with E-state index in [1.54, 1.807) is 0 Å². The van der Waals surface area contributed by atoms with Crippen LogP contribution < -0.4 is 5.73 Å². The average Bonchev–Trinajstić information content (AvgIpc) is 2.16. The van der Waals surface area contributed by atoms with Crippen molar-refractivity contribution in [2.24, 2.45) is 10.7 Å². The van der Waals surface area contributed by atoms with Gasteiger partial charge in [-0.2, -0.15) is 13.2 Å². The van der Waals surface area contributed by atoms with E-state index in [1.165, 1.54) is 18.3 Å². The predicted molar refractivity (Wildman–Crippen MR) is 63.1 cm³/mol. The highest BCUT2D eigenvalue weighted by Gasteiger charge is 2.29. The van der Waals surface area contributed by atoms with Gasteiger partial charge in [0, 0.05) is 6.21 Å². The third kappa shape index (κ3) is 5.35. The van der Waals surface area contributed by atoms with Crippen molar-refractivity contribution in [1.29, 1.82) is 5.41 Å². The van der Waals surface area contributed by atoms with Gasteiger partial charge in [0.2, 0.25) is 0 Å². The third-order valence-corrected chi connectivity index (χ3v) is 1.74. The molecule has 94 valence electrons. The highest BCUT2D eigenvalue weighted by molar-refractivity contribution is 5.85. The Kier molecular flexibility index (Phi) is 5.67. The van der Waals surface area contributed by atoms with Crippen molar-refractivity contribution >= 4 is 24.5 Å². The SMILES string of the molecule is Cl.N=C(N)CN=Cc1ccc(C(F)(F)F)cc1. The molecule has 0 heterocycles. The highest BCUT2D eigenvalue weighted by Crippen LogP contribution is 2.28. The van der Waals surface area contributed by atoms with E-state index in [9.17, 15) is 13.2 Å². The van der Waals surface area contributed by atoms with Crippen LogP contribution in [0.5, 0.6) is 0 Å². The number of rotatable bonds is 3. The van der Waals surface area contributed by atoms with Crippen LogP contribution in [-0.4, -0.2) is 18.6 Å². The minimum Gasteiger partial charge on any atom is -0.386 e. The summed E-state index contributed by atoms with van der Waals surface area (Å²) in [7, 11) is 0. The third-order valence-electron chi connectivity index (χ3n) is 1.74. The summed E-state index contributed by atoms with van der Waals surface area (Å²) in [6, 6.07) is 4.59. The molecule has 0 aromatic heterocycles. The molecule has 0 amide bonds. The molecule has 0 atom stereocenters. The molecule has 17 heavy (non-hydrogen) atoms. The summed E-state index contributed by atoms with van der Waals surface area (Å²) in [5.74, 6) is -0.0943. The Morgan fingerprint density at radius 1 is 1.29 bits per heavy atom. The molecule has 0 aliphatic heterocycles. The van der Waals surface area contributed by atoms with Crippen LogP contribution in [0.1, 0.15) is 11.1 Å². The van der Waals surface area contributed by atoms with Crippen molar-refractivity contribution in [2.45, 2.75) is 6.18 Å². The van der Waals surface area contributed by atoms with Crippen LogP contribution in [0, 0.1) is 5.41 Å². The molecule has 0 fully saturated rings.